The number of nitro groups is 2. The van der Waals surface area contributed by atoms with Gasteiger partial charge in [-0.2, -0.15) is 9.29 Å². The van der Waals surface area contributed by atoms with Crippen LogP contribution in [0.2, 0.25) is 0 Å². The zero-order valence-electron chi connectivity index (χ0n) is 37.9. The summed E-state index contributed by atoms with van der Waals surface area (Å²) in [5.41, 5.74) is -0.421. The molecule has 0 spiro atoms. The number of nitro benzene ring substituents is 2. The summed E-state index contributed by atoms with van der Waals surface area (Å²) < 4.78 is 48.2. The molecule has 31 nitrogen and oxygen atoms in total. The van der Waals surface area contributed by atoms with E-state index in [0.717, 1.165) is 30.0 Å². The molecule has 0 saturated carbocycles. The largest absolute Gasteiger partial charge is 0.481 e. The topological polar surface area (TPSA) is 447 Å². The number of aromatic amines is 1. The van der Waals surface area contributed by atoms with Gasteiger partial charge in [-0.3, -0.25) is 43.6 Å². The summed E-state index contributed by atoms with van der Waals surface area (Å²) in [6.07, 6.45) is -7.95. The molecule has 0 radical (unpaired) electrons. The van der Waals surface area contributed by atoms with Crippen molar-refractivity contribution in [1.82, 2.24) is 39.0 Å². The van der Waals surface area contributed by atoms with Gasteiger partial charge in [0.2, 0.25) is 0 Å². The fourth-order valence-corrected chi connectivity index (χ4v) is 10.0. The van der Waals surface area contributed by atoms with Crippen molar-refractivity contribution in [3.63, 3.8) is 0 Å². The van der Waals surface area contributed by atoms with Crippen LogP contribution in [0.15, 0.2) is 52.6 Å². The minimum Gasteiger partial charge on any atom is -0.394 e. The van der Waals surface area contributed by atoms with Crippen LogP contribution in [0.3, 0.4) is 0 Å². The third kappa shape index (κ3) is 12.1. The first-order valence-corrected chi connectivity index (χ1v) is 24.8. The first-order chi connectivity index (χ1) is 34.1. The molecule has 33 heteroatoms. The van der Waals surface area contributed by atoms with Crippen LogP contribution >= 0.6 is 15.6 Å². The Bertz CT molecular complexity index is 3160. The molecule has 4 aromatic rings. The molecule has 1 saturated heterocycles. The Morgan fingerprint density at radius 2 is 1.62 bits per heavy atom. The van der Waals surface area contributed by atoms with Gasteiger partial charge in [0.15, 0.2) is 34.7 Å². The van der Waals surface area contributed by atoms with Crippen molar-refractivity contribution < 1.29 is 72.4 Å². The van der Waals surface area contributed by atoms with Gasteiger partial charge in [-0.15, -0.1) is 0 Å². The first-order valence-electron chi connectivity index (χ1n) is 21.8. The Kier molecular flexibility index (Phi) is 16.5. The van der Waals surface area contributed by atoms with Gasteiger partial charge in [0.05, 0.1) is 53.0 Å². The highest BCUT2D eigenvalue weighted by atomic mass is 31.3. The normalized spacial score (nSPS) is 20.0. The monoisotopic (exact) mass is 1050 g/mol. The van der Waals surface area contributed by atoms with Gasteiger partial charge in [0, 0.05) is 19.2 Å². The molecule has 2 aromatic carbocycles. The number of non-ortho nitro benzene ring substituents is 1. The molecular formula is C39H48N12O19P2. The predicted octanol–water partition coefficient (Wildman–Crippen LogP) is 0.895. The molecule has 3 aliphatic rings. The average molecular weight is 1050 g/mol. The van der Waals surface area contributed by atoms with Crippen LogP contribution in [0.25, 0.3) is 33.7 Å². The fourth-order valence-electron chi connectivity index (χ4n) is 7.74. The van der Waals surface area contributed by atoms with E-state index in [-0.39, 0.29) is 45.2 Å². The Morgan fingerprint density at radius 3 is 2.32 bits per heavy atom. The summed E-state index contributed by atoms with van der Waals surface area (Å²) in [6.45, 7) is 1.52. The third-order valence-corrected chi connectivity index (χ3v) is 14.1. The van der Waals surface area contributed by atoms with Crippen molar-refractivity contribution in [1.29, 1.82) is 0 Å². The number of phosphoric ester groups is 2. The van der Waals surface area contributed by atoms with Crippen molar-refractivity contribution in [3.8, 4) is 11.5 Å². The van der Waals surface area contributed by atoms with Gasteiger partial charge in [-0.1, -0.05) is 12.8 Å². The number of hydrogen-bond donors (Lipinski definition) is 10. The molecule has 10 N–H and O–H groups in total. The average Bonchev–Trinajstić information content (AvgIpc) is 3.88. The smallest absolute Gasteiger partial charge is 0.394 e. The number of fused-ring (bicyclic) bond motifs is 3. The second kappa shape index (κ2) is 22.2. The van der Waals surface area contributed by atoms with Crippen LogP contribution in [0.1, 0.15) is 43.0 Å². The molecule has 5 heterocycles. The third-order valence-electron chi connectivity index (χ3n) is 11.5. The number of anilines is 2. The summed E-state index contributed by atoms with van der Waals surface area (Å²) >= 11 is 0. The van der Waals surface area contributed by atoms with Gasteiger partial charge in [-0.25, -0.2) is 33.9 Å². The number of aryl methyl sites for hydroxylation is 2. The molecule has 72 heavy (non-hydrogen) atoms. The number of nitrogens with one attached hydrogen (secondary N) is 3. The van der Waals surface area contributed by atoms with Crippen LogP contribution in [0.5, 0.6) is 0 Å². The maximum atomic E-state index is 13.1. The molecule has 9 atom stereocenters. The van der Waals surface area contributed by atoms with Crippen LogP contribution in [0, 0.1) is 34.1 Å². The minimum atomic E-state index is -5.73. The minimum absolute atomic E-state index is 0.109. The van der Waals surface area contributed by atoms with E-state index < -0.39 is 111 Å². The lowest BCUT2D eigenvalue weighted by atomic mass is 10.1. The Morgan fingerprint density at radius 1 is 0.917 bits per heavy atom. The molecule has 7 rings (SSSR count). The number of H-pyrrole nitrogens is 1. The lowest BCUT2D eigenvalue weighted by Crippen LogP contribution is -2.42. The Balaban J connectivity index is 0.909. The second-order valence-electron chi connectivity index (χ2n) is 16.5. The number of ether oxygens (including phenoxy) is 1. The highest BCUT2D eigenvalue weighted by molar-refractivity contribution is 7.61. The predicted molar refractivity (Wildman–Crippen MR) is 248 cm³/mol. The first kappa shape index (κ1) is 53.5. The maximum Gasteiger partial charge on any atom is 0.481 e. The Labute approximate surface area is 404 Å². The van der Waals surface area contributed by atoms with E-state index >= 15 is 0 Å². The number of hydrogen-bond acceptors (Lipinski definition) is 24. The zero-order valence-corrected chi connectivity index (χ0v) is 39.7. The number of rotatable bonds is 24. The maximum absolute atomic E-state index is 13.1. The van der Waals surface area contributed by atoms with Crippen molar-refractivity contribution in [2.24, 2.45) is 0 Å². The molecule has 388 valence electrons. The molecule has 0 bridgehead atoms. The van der Waals surface area contributed by atoms with Gasteiger partial charge in [-0.05, 0) is 56.0 Å². The quantitative estimate of drug-likeness (QED) is 0.0132. The van der Waals surface area contributed by atoms with E-state index in [4.69, 9.17) is 9.26 Å². The van der Waals surface area contributed by atoms with Crippen molar-refractivity contribution in [2.45, 2.75) is 88.9 Å². The lowest BCUT2D eigenvalue weighted by molar-refractivity contribution is -0.393. The SMILES string of the molecule is Cc1cc2nc3c(=O)[nH]c(=O)nc-3n(C[C@@H](O)[C@@H](O)[C@@H](O)COP(=O)(O)OP(=O)(O)O[C@H]3[C@@H](O)[C@H](n4cnc5c(NCCCCCCNc6ccc([N+](=O)[O-])cc6[N+](=O)[O-])ncnc54)O[C@@H]3CO)c2cc1C. The number of imidazole rings is 1. The molecule has 0 aliphatic carbocycles. The summed E-state index contributed by atoms with van der Waals surface area (Å²) in [4.78, 5) is 89.4. The van der Waals surface area contributed by atoms with E-state index in [0.29, 0.717) is 25.9 Å². The van der Waals surface area contributed by atoms with Crippen LogP contribution < -0.4 is 21.9 Å². The van der Waals surface area contributed by atoms with E-state index in [1.54, 1.807) is 26.0 Å². The summed E-state index contributed by atoms with van der Waals surface area (Å²) in [5.74, 6) is 0.0244. The molecular weight excluding hydrogens is 1000 g/mol. The second-order valence-corrected chi connectivity index (χ2v) is 19.5. The standard InChI is InChI=1S/C39H48N12O19P2/c1-19-11-23-24(12-20(19)2)48(36-30(45-23)37(57)47-39(58)46-36)14-26(53)31(55)27(54)16-67-71(63,64)70-72(65,66)69-33-28(15-52)68-38(32(33)56)49-18-44-29-34(42-17-43-35(29)49)41-10-6-4-3-5-9-40-22-8-7-21(50(59)60)13-25(22)51(61)62/h7-8,11-13,17-18,26-28,31-33,38,40,52-56H,3-6,9-10,14-16H2,1-2H3,(H,63,64)(H,65,66)(H,41,42,43)(H,47,57,58)/t26-,27+,28-,31-,32-,33-,38-/m1/s1. The van der Waals surface area contributed by atoms with Crippen molar-refractivity contribution in [2.75, 3.05) is 36.9 Å². The highest BCUT2D eigenvalue weighted by Crippen LogP contribution is 2.62. The number of benzene rings is 2. The van der Waals surface area contributed by atoms with Gasteiger partial charge in [0.25, 0.3) is 16.9 Å². The number of aromatic nitrogens is 8. The van der Waals surface area contributed by atoms with Gasteiger partial charge >= 0.3 is 21.3 Å². The summed E-state index contributed by atoms with van der Waals surface area (Å²) in [5, 5.41) is 82.3. The van der Waals surface area contributed by atoms with Crippen LogP contribution in [0.4, 0.5) is 22.9 Å². The van der Waals surface area contributed by atoms with E-state index in [2.05, 4.69) is 44.4 Å². The number of aliphatic hydroxyl groups is 5. The molecule has 2 unspecified atom stereocenters. The fraction of sp³-hybridized carbons (Fsp3) is 0.462. The summed E-state index contributed by atoms with van der Waals surface area (Å²) in [6, 6.07) is 6.63. The number of nitrogens with zero attached hydrogens (tertiary/aromatic N) is 9. The Hall–Kier alpha value is -6.31. The highest BCUT2D eigenvalue weighted by Gasteiger charge is 2.50. The van der Waals surface area contributed by atoms with Crippen molar-refractivity contribution in [3.05, 3.63) is 95.2 Å². The van der Waals surface area contributed by atoms with Crippen LogP contribution in [-0.2, 0) is 33.8 Å². The molecule has 1 fully saturated rings. The summed E-state index contributed by atoms with van der Waals surface area (Å²) in [7, 11) is -11.4. The number of aliphatic hydroxyl groups excluding tert-OH is 5. The van der Waals surface area contributed by atoms with E-state index in [1.807, 2.05) is 4.98 Å². The number of phosphoric acid groups is 2. The van der Waals surface area contributed by atoms with E-state index in [9.17, 15) is 74.3 Å². The van der Waals surface area contributed by atoms with E-state index in [1.165, 1.54) is 33.9 Å². The molecule has 0 amide bonds. The number of unbranched alkanes of at least 4 members (excludes halogenated alkanes) is 3. The lowest BCUT2D eigenvalue weighted by Gasteiger charge is -2.26. The van der Waals surface area contributed by atoms with Crippen LogP contribution in [-0.4, -0.2) is 147 Å². The van der Waals surface area contributed by atoms with Gasteiger partial charge < -0.3 is 55.3 Å². The van der Waals surface area contributed by atoms with Crippen molar-refractivity contribution >= 4 is 60.7 Å². The zero-order chi connectivity index (χ0) is 52.2. The van der Waals surface area contributed by atoms with Gasteiger partial charge in [0.1, 0.15) is 48.6 Å². The molecule has 2 aromatic heterocycles. The molecule has 3 aliphatic heterocycles.